The number of amides is 2. The summed E-state index contributed by atoms with van der Waals surface area (Å²) in [5, 5.41) is 27.1. The molecule has 1 aliphatic rings. The first-order valence-corrected chi connectivity index (χ1v) is 11.9. The van der Waals surface area contributed by atoms with Gasteiger partial charge in [0.1, 0.15) is 11.5 Å². The molecule has 0 saturated carbocycles. The number of carbonyl (C=O) groups is 4. The van der Waals surface area contributed by atoms with Gasteiger partial charge in [0.05, 0.1) is 33.6 Å². The maximum atomic E-state index is 13.6. The number of phenols is 2. The number of nitrogens with one attached hydrogen (secondary N) is 2. The van der Waals surface area contributed by atoms with Gasteiger partial charge >= 0.3 is 0 Å². The van der Waals surface area contributed by atoms with Crippen LogP contribution < -0.4 is 10.6 Å². The number of carbonyl (C=O) groups excluding carboxylic acids is 4. The zero-order valence-corrected chi connectivity index (χ0v) is 20.7. The van der Waals surface area contributed by atoms with E-state index in [0.29, 0.717) is 10.0 Å². The van der Waals surface area contributed by atoms with Crippen LogP contribution in [0.1, 0.15) is 52.6 Å². The number of ketones is 2. The molecule has 4 aromatic carbocycles. The summed E-state index contributed by atoms with van der Waals surface area (Å²) >= 11 is 11.8. The Balaban J connectivity index is 1.57. The smallest absolute Gasteiger partial charge is 0.255 e. The van der Waals surface area contributed by atoms with Gasteiger partial charge in [-0.25, -0.2) is 0 Å². The first-order valence-electron chi connectivity index (χ1n) is 11.1. The lowest BCUT2D eigenvalue weighted by atomic mass is 9.81. The molecule has 10 heteroatoms. The highest BCUT2D eigenvalue weighted by atomic mass is 35.5. The van der Waals surface area contributed by atoms with Crippen molar-refractivity contribution in [3.05, 3.63) is 116 Å². The summed E-state index contributed by atoms with van der Waals surface area (Å²) in [4.78, 5) is 52.9. The number of halogens is 2. The van der Waals surface area contributed by atoms with Crippen LogP contribution in [0.25, 0.3) is 0 Å². The van der Waals surface area contributed by atoms with Crippen LogP contribution in [0.4, 0.5) is 11.4 Å². The molecule has 38 heavy (non-hydrogen) atoms. The SMILES string of the molecule is O=C(Nc1ccc(O)c2c1C(=O)c1c(O)ccc(NC(=O)c3ccc(Cl)cc3)c1C2=O)c1ccc(Cl)cc1. The topological polar surface area (TPSA) is 133 Å². The molecule has 0 radical (unpaired) electrons. The highest BCUT2D eigenvalue weighted by Gasteiger charge is 2.38. The number of hydrogen-bond acceptors (Lipinski definition) is 6. The van der Waals surface area contributed by atoms with Gasteiger partial charge in [-0.15, -0.1) is 0 Å². The molecule has 0 aliphatic heterocycles. The van der Waals surface area contributed by atoms with E-state index in [0.717, 1.165) is 0 Å². The summed E-state index contributed by atoms with van der Waals surface area (Å²) < 4.78 is 0. The van der Waals surface area contributed by atoms with Crippen molar-refractivity contribution in [1.82, 2.24) is 0 Å². The Morgan fingerprint density at radius 2 is 0.868 bits per heavy atom. The third-order valence-electron chi connectivity index (χ3n) is 5.98. The van der Waals surface area contributed by atoms with Gasteiger partial charge in [-0.3, -0.25) is 19.2 Å². The molecular formula is C28H16Cl2N2O6. The fourth-order valence-corrected chi connectivity index (χ4v) is 4.42. The molecular weight excluding hydrogens is 531 g/mol. The third-order valence-corrected chi connectivity index (χ3v) is 6.49. The standard InChI is InChI=1S/C28H16Cl2N2O6/c29-15-5-1-13(2-6-15)27(37)31-17-9-11-19(33)23-21(17)25(35)24-20(34)12-10-18(22(24)26(23)36)32-28(38)14-3-7-16(30)8-4-14/h1-12,33-34H,(H,31,37)(H,32,38). The molecule has 0 unspecified atom stereocenters. The van der Waals surface area contributed by atoms with Gasteiger partial charge in [0.2, 0.25) is 11.6 Å². The molecule has 8 nitrogen and oxygen atoms in total. The second kappa shape index (κ2) is 9.66. The van der Waals surface area contributed by atoms with Crippen LogP contribution in [-0.4, -0.2) is 33.6 Å². The summed E-state index contributed by atoms with van der Waals surface area (Å²) in [7, 11) is 0. The van der Waals surface area contributed by atoms with Gasteiger partial charge < -0.3 is 20.8 Å². The predicted molar refractivity (Wildman–Crippen MR) is 142 cm³/mol. The fourth-order valence-electron chi connectivity index (χ4n) is 4.16. The number of rotatable bonds is 4. The first-order chi connectivity index (χ1) is 18.2. The average molecular weight is 547 g/mol. The molecule has 0 saturated heterocycles. The lowest BCUT2D eigenvalue weighted by Gasteiger charge is -2.24. The van der Waals surface area contributed by atoms with Crippen molar-refractivity contribution >= 4 is 58.0 Å². The molecule has 2 amide bonds. The highest BCUT2D eigenvalue weighted by Crippen LogP contribution is 2.42. The van der Waals surface area contributed by atoms with Crippen LogP contribution in [0.5, 0.6) is 11.5 Å². The zero-order valence-electron chi connectivity index (χ0n) is 19.2. The number of fused-ring (bicyclic) bond motifs is 2. The van der Waals surface area contributed by atoms with E-state index in [2.05, 4.69) is 10.6 Å². The number of phenolic OH excluding ortho intramolecular Hbond substituents is 2. The van der Waals surface area contributed by atoms with Gasteiger partial charge in [0, 0.05) is 21.2 Å². The van der Waals surface area contributed by atoms with E-state index in [9.17, 15) is 29.4 Å². The van der Waals surface area contributed by atoms with E-state index in [1.807, 2.05) is 0 Å². The maximum absolute atomic E-state index is 13.6. The molecule has 188 valence electrons. The van der Waals surface area contributed by atoms with Gasteiger partial charge in [0.15, 0.2) is 0 Å². The zero-order chi connectivity index (χ0) is 27.1. The van der Waals surface area contributed by atoms with Gasteiger partial charge in [0.25, 0.3) is 11.8 Å². The van der Waals surface area contributed by atoms with Crippen LogP contribution in [0.15, 0.2) is 72.8 Å². The molecule has 5 rings (SSSR count). The van der Waals surface area contributed by atoms with E-state index in [4.69, 9.17) is 23.2 Å². The van der Waals surface area contributed by atoms with E-state index in [1.165, 1.54) is 72.8 Å². The minimum Gasteiger partial charge on any atom is -0.507 e. The largest absolute Gasteiger partial charge is 0.507 e. The third kappa shape index (κ3) is 4.36. The van der Waals surface area contributed by atoms with Crippen molar-refractivity contribution in [2.24, 2.45) is 0 Å². The van der Waals surface area contributed by atoms with Crippen molar-refractivity contribution in [2.75, 3.05) is 10.6 Å². The van der Waals surface area contributed by atoms with Crippen LogP contribution in [0.3, 0.4) is 0 Å². The molecule has 0 bridgehead atoms. The Kier molecular flexibility index (Phi) is 6.36. The van der Waals surface area contributed by atoms with E-state index >= 15 is 0 Å². The van der Waals surface area contributed by atoms with Crippen LogP contribution in [0, 0.1) is 0 Å². The molecule has 0 aromatic heterocycles. The minimum absolute atomic E-state index is 0.0447. The number of aromatic hydroxyl groups is 2. The number of benzene rings is 4. The van der Waals surface area contributed by atoms with Crippen LogP contribution >= 0.6 is 23.2 Å². The summed E-state index contributed by atoms with van der Waals surface area (Å²) in [5.74, 6) is -3.84. The molecule has 0 heterocycles. The van der Waals surface area contributed by atoms with Gasteiger partial charge in [-0.1, -0.05) is 23.2 Å². The Morgan fingerprint density at radius 1 is 0.526 bits per heavy atom. The fraction of sp³-hybridized carbons (Fsp3) is 0. The lowest BCUT2D eigenvalue weighted by molar-refractivity contribution is 0.0973. The minimum atomic E-state index is -0.822. The molecule has 0 fully saturated rings. The Bertz CT molecular complexity index is 1540. The summed E-state index contributed by atoms with van der Waals surface area (Å²) in [6.45, 7) is 0. The van der Waals surface area contributed by atoms with E-state index in [1.54, 1.807) is 0 Å². The van der Waals surface area contributed by atoms with Crippen LogP contribution in [0.2, 0.25) is 10.0 Å². The van der Waals surface area contributed by atoms with E-state index in [-0.39, 0.29) is 44.8 Å². The summed E-state index contributed by atoms with van der Waals surface area (Å²) in [5.41, 5.74) is -0.938. The molecule has 4 aromatic rings. The molecule has 0 atom stereocenters. The average Bonchev–Trinajstić information content (AvgIpc) is 2.89. The summed E-state index contributed by atoms with van der Waals surface area (Å²) in [6.07, 6.45) is 0. The van der Waals surface area contributed by atoms with Crippen molar-refractivity contribution in [2.45, 2.75) is 0 Å². The highest BCUT2D eigenvalue weighted by molar-refractivity contribution is 6.34. The second-order valence-corrected chi connectivity index (χ2v) is 9.22. The van der Waals surface area contributed by atoms with Crippen molar-refractivity contribution in [1.29, 1.82) is 0 Å². The van der Waals surface area contributed by atoms with Gasteiger partial charge in [-0.05, 0) is 72.8 Å². The van der Waals surface area contributed by atoms with Crippen molar-refractivity contribution in [3.8, 4) is 11.5 Å². The molecule has 1 aliphatic carbocycles. The van der Waals surface area contributed by atoms with Crippen molar-refractivity contribution < 1.29 is 29.4 Å². The number of hydrogen-bond donors (Lipinski definition) is 4. The normalized spacial score (nSPS) is 11.9. The monoisotopic (exact) mass is 546 g/mol. The summed E-state index contributed by atoms with van der Waals surface area (Å²) in [6, 6.07) is 16.9. The molecule has 0 spiro atoms. The number of anilines is 2. The van der Waals surface area contributed by atoms with Crippen LogP contribution in [-0.2, 0) is 0 Å². The maximum Gasteiger partial charge on any atom is 0.255 e. The molecule has 4 N–H and O–H groups in total. The Hall–Kier alpha value is -4.66. The Labute approximate surface area is 225 Å². The quantitative estimate of drug-likeness (QED) is 0.214. The Morgan fingerprint density at radius 3 is 1.21 bits per heavy atom. The first kappa shape index (κ1) is 25.0. The van der Waals surface area contributed by atoms with Gasteiger partial charge in [-0.2, -0.15) is 0 Å². The van der Waals surface area contributed by atoms with E-state index < -0.39 is 34.9 Å². The van der Waals surface area contributed by atoms with Crippen molar-refractivity contribution in [3.63, 3.8) is 0 Å². The predicted octanol–water partition coefficient (Wildman–Crippen LogP) is 5.68. The lowest BCUT2D eigenvalue weighted by Crippen LogP contribution is -2.26. The second-order valence-electron chi connectivity index (χ2n) is 8.34.